The molecule has 2 N–H and O–H groups in total. The average molecular weight is 339 g/mol. The summed E-state index contributed by atoms with van der Waals surface area (Å²) in [6, 6.07) is 3.08. The van der Waals surface area contributed by atoms with Gasteiger partial charge in [0, 0.05) is 36.2 Å². The van der Waals surface area contributed by atoms with Crippen molar-refractivity contribution in [3.05, 3.63) is 34.9 Å². The molecule has 4 aliphatic rings. The molecule has 0 radical (unpaired) electrons. The van der Waals surface area contributed by atoms with E-state index in [2.05, 4.69) is 16.7 Å². The second-order valence-electron chi connectivity index (χ2n) is 7.01. The fourth-order valence-electron chi connectivity index (χ4n) is 3.92. The van der Waals surface area contributed by atoms with E-state index in [1.54, 1.807) is 11.0 Å². The molecule has 0 bridgehead atoms. The van der Waals surface area contributed by atoms with E-state index in [0.717, 1.165) is 30.0 Å². The van der Waals surface area contributed by atoms with Crippen molar-refractivity contribution in [2.75, 3.05) is 13.1 Å². The van der Waals surface area contributed by atoms with Crippen molar-refractivity contribution in [1.82, 2.24) is 15.5 Å². The number of rotatable bonds is 1. The quantitative estimate of drug-likeness (QED) is 0.714. The first-order valence-corrected chi connectivity index (χ1v) is 8.46. The number of amides is 3. The van der Waals surface area contributed by atoms with Crippen molar-refractivity contribution in [3.63, 3.8) is 0 Å². The van der Waals surface area contributed by atoms with Crippen LogP contribution in [0.5, 0.6) is 5.75 Å². The van der Waals surface area contributed by atoms with E-state index in [1.807, 2.05) is 12.1 Å². The first kappa shape index (κ1) is 14.7. The fourth-order valence-corrected chi connectivity index (χ4v) is 3.92. The van der Waals surface area contributed by atoms with Gasteiger partial charge in [0.25, 0.3) is 5.91 Å². The molecule has 2 saturated heterocycles. The first-order chi connectivity index (χ1) is 12.1. The van der Waals surface area contributed by atoms with Gasteiger partial charge in [0.15, 0.2) is 5.60 Å². The van der Waals surface area contributed by atoms with Crippen molar-refractivity contribution >= 4 is 23.8 Å². The normalized spacial score (nSPS) is 26.0. The van der Waals surface area contributed by atoms with Gasteiger partial charge in [-0.05, 0) is 18.6 Å². The highest BCUT2D eigenvalue weighted by Gasteiger charge is 2.44. The number of piperidine rings is 1. The summed E-state index contributed by atoms with van der Waals surface area (Å²) in [5, 5.41) is 5.54. The molecule has 0 saturated carbocycles. The van der Waals surface area contributed by atoms with Gasteiger partial charge in [-0.1, -0.05) is 12.1 Å². The Kier molecular flexibility index (Phi) is 2.88. The second kappa shape index (κ2) is 4.92. The number of ether oxygens (including phenoxy) is 1. The van der Waals surface area contributed by atoms with E-state index >= 15 is 0 Å². The van der Waals surface area contributed by atoms with Crippen molar-refractivity contribution in [1.29, 1.82) is 0 Å². The number of hydrogen-bond acceptors (Lipinski definition) is 5. The van der Waals surface area contributed by atoms with Crippen LogP contribution >= 0.6 is 0 Å². The number of fused-ring (bicyclic) bond motifs is 3. The minimum absolute atomic E-state index is 0.175. The van der Waals surface area contributed by atoms with Crippen molar-refractivity contribution in [2.24, 2.45) is 0 Å². The SMILES string of the molecule is O=C1CCC(N2Cc3c(ccc4c3OC3(C=C4)CNC3)C2=O)C(=O)N1. The Balaban J connectivity index is 1.49. The molecule has 7 heteroatoms. The Morgan fingerprint density at radius 3 is 2.76 bits per heavy atom. The highest BCUT2D eigenvalue weighted by molar-refractivity contribution is 6.06. The minimum Gasteiger partial charge on any atom is -0.479 e. The van der Waals surface area contributed by atoms with Crippen LogP contribution in [0, 0.1) is 0 Å². The number of imide groups is 1. The van der Waals surface area contributed by atoms with E-state index in [1.165, 1.54) is 0 Å². The zero-order valence-electron chi connectivity index (χ0n) is 13.5. The Morgan fingerprint density at radius 2 is 2.04 bits per heavy atom. The molecule has 3 amide bonds. The minimum atomic E-state index is -0.605. The third-order valence-corrected chi connectivity index (χ3v) is 5.42. The van der Waals surface area contributed by atoms with Crippen LogP contribution in [0.4, 0.5) is 0 Å². The highest BCUT2D eigenvalue weighted by atomic mass is 16.5. The molecule has 25 heavy (non-hydrogen) atoms. The van der Waals surface area contributed by atoms with E-state index in [4.69, 9.17) is 4.74 Å². The van der Waals surface area contributed by atoms with Gasteiger partial charge >= 0.3 is 0 Å². The molecule has 1 atom stereocenters. The number of carbonyl (C=O) groups excluding carboxylic acids is 3. The zero-order chi connectivity index (χ0) is 17.2. The topological polar surface area (TPSA) is 87.7 Å². The molecule has 1 aromatic carbocycles. The average Bonchev–Trinajstić information content (AvgIpc) is 2.90. The number of carbonyl (C=O) groups is 3. The summed E-state index contributed by atoms with van der Waals surface area (Å²) in [7, 11) is 0. The molecule has 1 spiro atoms. The summed E-state index contributed by atoms with van der Waals surface area (Å²) >= 11 is 0. The Hall–Kier alpha value is -2.67. The number of nitrogens with zero attached hydrogens (tertiary/aromatic N) is 1. The van der Waals surface area contributed by atoms with Crippen LogP contribution in [0.15, 0.2) is 18.2 Å². The molecule has 128 valence electrons. The second-order valence-corrected chi connectivity index (χ2v) is 7.01. The molecule has 1 unspecified atom stereocenters. The molecule has 0 aromatic heterocycles. The molecular weight excluding hydrogens is 322 g/mol. The first-order valence-electron chi connectivity index (χ1n) is 8.46. The predicted octanol–water partition coefficient (Wildman–Crippen LogP) is 0.195. The molecule has 4 aliphatic heterocycles. The maximum atomic E-state index is 12.8. The maximum Gasteiger partial charge on any atom is 0.255 e. The predicted molar refractivity (Wildman–Crippen MR) is 87.7 cm³/mol. The number of benzene rings is 1. The van der Waals surface area contributed by atoms with Gasteiger partial charge in [0.1, 0.15) is 11.8 Å². The van der Waals surface area contributed by atoms with Crippen LogP contribution in [0.1, 0.15) is 34.3 Å². The van der Waals surface area contributed by atoms with Crippen LogP contribution in [-0.2, 0) is 16.1 Å². The van der Waals surface area contributed by atoms with Crippen LogP contribution in [0.2, 0.25) is 0 Å². The van der Waals surface area contributed by atoms with E-state index in [9.17, 15) is 14.4 Å². The zero-order valence-corrected chi connectivity index (χ0v) is 13.5. The van der Waals surface area contributed by atoms with E-state index in [-0.39, 0.29) is 23.8 Å². The highest BCUT2D eigenvalue weighted by Crippen LogP contribution is 2.41. The molecule has 0 aliphatic carbocycles. The third kappa shape index (κ3) is 2.05. The van der Waals surface area contributed by atoms with Gasteiger partial charge in [0.05, 0.1) is 6.54 Å². The summed E-state index contributed by atoms with van der Waals surface area (Å²) < 4.78 is 6.24. The van der Waals surface area contributed by atoms with Crippen molar-refractivity contribution < 1.29 is 19.1 Å². The lowest BCUT2D eigenvalue weighted by atomic mass is 9.91. The third-order valence-electron chi connectivity index (χ3n) is 5.42. The smallest absolute Gasteiger partial charge is 0.255 e. The summed E-state index contributed by atoms with van der Waals surface area (Å²) in [6.45, 7) is 1.83. The lowest BCUT2D eigenvalue weighted by Crippen LogP contribution is -2.62. The summed E-state index contributed by atoms with van der Waals surface area (Å²) in [6.07, 6.45) is 4.72. The molecule has 4 heterocycles. The largest absolute Gasteiger partial charge is 0.479 e. The monoisotopic (exact) mass is 339 g/mol. The lowest BCUT2D eigenvalue weighted by molar-refractivity contribution is -0.136. The fraction of sp³-hybridized carbons (Fsp3) is 0.389. The van der Waals surface area contributed by atoms with Crippen LogP contribution < -0.4 is 15.4 Å². The van der Waals surface area contributed by atoms with Crippen molar-refractivity contribution in [3.8, 4) is 5.75 Å². The Bertz CT molecular complexity index is 856. The number of hydrogen-bond donors (Lipinski definition) is 2. The van der Waals surface area contributed by atoms with Gasteiger partial charge < -0.3 is 15.0 Å². The molecule has 7 nitrogen and oxygen atoms in total. The Morgan fingerprint density at radius 1 is 1.20 bits per heavy atom. The maximum absolute atomic E-state index is 12.8. The molecular formula is C18H17N3O4. The van der Waals surface area contributed by atoms with Crippen molar-refractivity contribution in [2.45, 2.75) is 31.0 Å². The standard InChI is InChI=1S/C18H17N3O4/c22-14-4-3-13(16(23)20-14)21-7-12-11(17(21)24)2-1-10-5-6-18(8-19-9-18)25-15(10)12/h1-2,5-6,13,19H,3-4,7-9H2,(H,20,22,23). The lowest BCUT2D eigenvalue weighted by Gasteiger charge is -2.43. The number of nitrogens with one attached hydrogen (secondary N) is 2. The summed E-state index contributed by atoms with van der Waals surface area (Å²) in [5.41, 5.74) is 2.05. The van der Waals surface area contributed by atoms with Crippen LogP contribution in [0.25, 0.3) is 6.08 Å². The van der Waals surface area contributed by atoms with Gasteiger partial charge in [0.2, 0.25) is 11.8 Å². The van der Waals surface area contributed by atoms with Crippen LogP contribution in [0.3, 0.4) is 0 Å². The summed E-state index contributed by atoms with van der Waals surface area (Å²) in [4.78, 5) is 37.9. The van der Waals surface area contributed by atoms with Gasteiger partial charge in [-0.15, -0.1) is 0 Å². The van der Waals surface area contributed by atoms with Crippen LogP contribution in [-0.4, -0.2) is 47.4 Å². The van der Waals surface area contributed by atoms with Gasteiger partial charge in [-0.3, -0.25) is 19.7 Å². The van der Waals surface area contributed by atoms with Gasteiger partial charge in [-0.25, -0.2) is 0 Å². The molecule has 2 fully saturated rings. The van der Waals surface area contributed by atoms with E-state index < -0.39 is 11.9 Å². The molecule has 1 aromatic rings. The van der Waals surface area contributed by atoms with Gasteiger partial charge in [-0.2, -0.15) is 0 Å². The molecule has 5 rings (SSSR count). The summed E-state index contributed by atoms with van der Waals surface area (Å²) in [5.74, 6) is -0.113. The Labute approximate surface area is 144 Å². The van der Waals surface area contributed by atoms with E-state index in [0.29, 0.717) is 18.5 Å².